The summed E-state index contributed by atoms with van der Waals surface area (Å²) in [5, 5.41) is 5.62. The average molecular weight is 402 g/mol. The molecule has 2 fully saturated rings. The van der Waals surface area contributed by atoms with E-state index in [0.717, 1.165) is 37.6 Å². The number of hydrazine groups is 1. The minimum Gasteiger partial charge on any atom is -0.446 e. The zero-order chi connectivity index (χ0) is 20.7. The first-order chi connectivity index (χ1) is 13.8. The Balaban J connectivity index is 1.64. The molecule has 1 aromatic carbocycles. The molecule has 2 atom stereocenters. The van der Waals surface area contributed by atoms with E-state index in [0.29, 0.717) is 18.5 Å². The molecular formula is C21H31N5O3. The fourth-order valence-electron chi connectivity index (χ4n) is 4.40. The molecule has 8 nitrogen and oxygen atoms in total. The van der Waals surface area contributed by atoms with Crippen LogP contribution in [0.5, 0.6) is 0 Å². The van der Waals surface area contributed by atoms with Gasteiger partial charge in [-0.05, 0) is 38.5 Å². The number of fused-ring (bicyclic) bond motifs is 1. The van der Waals surface area contributed by atoms with Crippen LogP contribution in [0.3, 0.4) is 0 Å². The molecule has 0 radical (unpaired) electrons. The lowest BCUT2D eigenvalue weighted by molar-refractivity contribution is -0.117. The first kappa shape index (κ1) is 20.1. The maximum Gasteiger partial charge on any atom is 0.414 e. The van der Waals surface area contributed by atoms with Crippen LogP contribution in [-0.2, 0) is 9.53 Å². The Kier molecular flexibility index (Phi) is 5.50. The maximum absolute atomic E-state index is 12.8. The summed E-state index contributed by atoms with van der Waals surface area (Å²) in [6.45, 7) is 11.5. The van der Waals surface area contributed by atoms with Gasteiger partial charge in [-0.1, -0.05) is 6.07 Å². The van der Waals surface area contributed by atoms with Gasteiger partial charge in [-0.3, -0.25) is 15.1 Å². The van der Waals surface area contributed by atoms with E-state index in [9.17, 15) is 9.59 Å². The molecule has 0 bridgehead atoms. The van der Waals surface area contributed by atoms with Gasteiger partial charge in [-0.15, -0.1) is 0 Å². The second-order valence-corrected chi connectivity index (χ2v) is 8.55. The number of benzene rings is 1. The van der Waals surface area contributed by atoms with Crippen LogP contribution in [0.25, 0.3) is 0 Å². The summed E-state index contributed by atoms with van der Waals surface area (Å²) in [5.41, 5.74) is 6.20. The lowest BCUT2D eigenvalue weighted by atomic mass is 9.96. The minimum atomic E-state index is -0.361. The van der Waals surface area contributed by atoms with Gasteiger partial charge in [0.2, 0.25) is 5.91 Å². The van der Waals surface area contributed by atoms with Gasteiger partial charge in [0.05, 0.1) is 23.5 Å². The van der Waals surface area contributed by atoms with Crippen LogP contribution in [0.4, 0.5) is 16.2 Å². The van der Waals surface area contributed by atoms with Gasteiger partial charge in [0.25, 0.3) is 0 Å². The Bertz CT molecular complexity index is 795. The molecule has 0 saturated carbocycles. The molecular weight excluding hydrogens is 370 g/mol. The van der Waals surface area contributed by atoms with Crippen molar-refractivity contribution in [2.24, 2.45) is 0 Å². The van der Waals surface area contributed by atoms with Crippen molar-refractivity contribution >= 4 is 23.4 Å². The molecule has 29 heavy (non-hydrogen) atoms. The first-order valence-electron chi connectivity index (χ1n) is 10.5. The van der Waals surface area contributed by atoms with Crippen molar-refractivity contribution in [2.75, 3.05) is 42.5 Å². The molecule has 1 unspecified atom stereocenters. The largest absolute Gasteiger partial charge is 0.446 e. The summed E-state index contributed by atoms with van der Waals surface area (Å²) < 4.78 is 5.48. The summed E-state index contributed by atoms with van der Waals surface area (Å²) in [5.74, 6) is 0.323. The Hall–Kier alpha value is -2.16. The number of hydrogen-bond donors (Lipinski definition) is 2. The van der Waals surface area contributed by atoms with Crippen LogP contribution in [0, 0.1) is 0 Å². The van der Waals surface area contributed by atoms with E-state index < -0.39 is 0 Å². The molecule has 0 aliphatic carbocycles. The highest BCUT2D eigenvalue weighted by molar-refractivity contribution is 6.02. The molecule has 4 rings (SSSR count). The van der Waals surface area contributed by atoms with Gasteiger partial charge >= 0.3 is 6.09 Å². The summed E-state index contributed by atoms with van der Waals surface area (Å²) >= 11 is 0. The van der Waals surface area contributed by atoms with Gasteiger partial charge in [-0.2, -0.15) is 0 Å². The fraction of sp³-hybridized carbons (Fsp3) is 0.619. The van der Waals surface area contributed by atoms with Crippen molar-refractivity contribution in [3.8, 4) is 0 Å². The number of carbonyl (C=O) groups is 2. The van der Waals surface area contributed by atoms with Crippen molar-refractivity contribution in [3.05, 3.63) is 23.8 Å². The van der Waals surface area contributed by atoms with Gasteiger partial charge < -0.3 is 15.0 Å². The predicted octanol–water partition coefficient (Wildman–Crippen LogP) is 1.67. The smallest absolute Gasteiger partial charge is 0.414 e. The standard InChI is InChI=1S/C21H31N5O3/c1-13(2)29-21(28)24-11-14(3)26(15(4)27)19-6-5-16(7-20(19)24)17-8-23-25(12-17)18-9-22-10-18/h5-7,13-14,17-18,22-23H,8-12H2,1-4H3/t14-,17?/m0/s1. The fourth-order valence-corrected chi connectivity index (χ4v) is 4.40. The molecule has 3 aliphatic rings. The lowest BCUT2D eigenvalue weighted by Gasteiger charge is -2.40. The SMILES string of the molecule is CC(=O)N1c2ccc(C3CNN(C4CNC4)C3)cc2N(C(=O)OC(C)C)C[C@@H]1C. The van der Waals surface area contributed by atoms with Crippen molar-refractivity contribution in [1.29, 1.82) is 0 Å². The molecule has 3 heterocycles. The molecule has 0 spiro atoms. The number of nitrogens with zero attached hydrogens (tertiary/aromatic N) is 3. The maximum atomic E-state index is 12.8. The molecule has 2 amide bonds. The molecule has 2 N–H and O–H groups in total. The summed E-state index contributed by atoms with van der Waals surface area (Å²) in [6, 6.07) is 6.57. The molecule has 2 saturated heterocycles. The van der Waals surface area contributed by atoms with E-state index in [-0.39, 0.29) is 24.1 Å². The van der Waals surface area contributed by atoms with E-state index in [2.05, 4.69) is 27.9 Å². The van der Waals surface area contributed by atoms with Crippen LogP contribution in [0.1, 0.15) is 39.2 Å². The third-order valence-corrected chi connectivity index (χ3v) is 5.96. The van der Waals surface area contributed by atoms with Crippen molar-refractivity contribution in [1.82, 2.24) is 15.8 Å². The monoisotopic (exact) mass is 401 g/mol. The van der Waals surface area contributed by atoms with Gasteiger partial charge in [0, 0.05) is 51.6 Å². The van der Waals surface area contributed by atoms with Crippen LogP contribution in [-0.4, -0.2) is 67.9 Å². The van der Waals surface area contributed by atoms with E-state index >= 15 is 0 Å². The first-order valence-corrected chi connectivity index (χ1v) is 10.5. The lowest BCUT2D eigenvalue weighted by Crippen LogP contribution is -2.59. The Morgan fingerprint density at radius 1 is 1.14 bits per heavy atom. The highest BCUT2D eigenvalue weighted by atomic mass is 16.6. The Labute approximate surface area is 172 Å². The topological polar surface area (TPSA) is 77.2 Å². The van der Waals surface area contributed by atoms with Gasteiger partial charge in [0.15, 0.2) is 0 Å². The zero-order valence-corrected chi connectivity index (χ0v) is 17.6. The molecule has 158 valence electrons. The second-order valence-electron chi connectivity index (χ2n) is 8.55. The van der Waals surface area contributed by atoms with E-state index in [1.54, 1.807) is 16.7 Å². The molecule has 3 aliphatic heterocycles. The van der Waals surface area contributed by atoms with Crippen molar-refractivity contribution in [2.45, 2.75) is 51.8 Å². The normalized spacial score (nSPS) is 25.1. The number of anilines is 2. The second kappa shape index (κ2) is 7.93. The highest BCUT2D eigenvalue weighted by Gasteiger charge is 2.36. The predicted molar refractivity (Wildman–Crippen MR) is 112 cm³/mol. The number of amides is 2. The summed E-state index contributed by atoms with van der Waals surface area (Å²) in [6.07, 6.45) is -0.556. The van der Waals surface area contributed by atoms with Gasteiger partial charge in [0.1, 0.15) is 0 Å². The zero-order valence-electron chi connectivity index (χ0n) is 17.6. The average Bonchev–Trinajstić information content (AvgIpc) is 3.07. The third kappa shape index (κ3) is 3.84. The van der Waals surface area contributed by atoms with Crippen LogP contribution in [0.2, 0.25) is 0 Å². The van der Waals surface area contributed by atoms with E-state index in [1.807, 2.05) is 26.8 Å². The Morgan fingerprint density at radius 2 is 1.90 bits per heavy atom. The van der Waals surface area contributed by atoms with Crippen molar-refractivity contribution < 1.29 is 14.3 Å². The van der Waals surface area contributed by atoms with E-state index in [1.165, 1.54) is 5.56 Å². The number of ether oxygens (including phenoxy) is 1. The summed E-state index contributed by atoms with van der Waals surface area (Å²) in [7, 11) is 0. The summed E-state index contributed by atoms with van der Waals surface area (Å²) in [4.78, 5) is 28.5. The molecule has 8 heteroatoms. The van der Waals surface area contributed by atoms with Gasteiger partial charge in [-0.25, -0.2) is 9.80 Å². The Morgan fingerprint density at radius 3 is 2.52 bits per heavy atom. The van der Waals surface area contributed by atoms with E-state index in [4.69, 9.17) is 4.74 Å². The van der Waals surface area contributed by atoms with Crippen molar-refractivity contribution in [3.63, 3.8) is 0 Å². The molecule has 0 aromatic heterocycles. The number of carbonyl (C=O) groups excluding carboxylic acids is 2. The van der Waals surface area contributed by atoms with Crippen LogP contribution in [0.15, 0.2) is 18.2 Å². The van der Waals surface area contributed by atoms with Crippen LogP contribution < -0.4 is 20.5 Å². The quantitative estimate of drug-likeness (QED) is 0.802. The highest BCUT2D eigenvalue weighted by Crippen LogP contribution is 2.39. The minimum absolute atomic E-state index is 0.0189. The number of rotatable bonds is 3. The number of nitrogens with one attached hydrogen (secondary N) is 2. The third-order valence-electron chi connectivity index (χ3n) is 5.96. The molecule has 1 aromatic rings. The van der Waals surface area contributed by atoms with Crippen LogP contribution >= 0.6 is 0 Å². The number of hydrogen-bond acceptors (Lipinski definition) is 6.